The van der Waals surface area contributed by atoms with Crippen molar-refractivity contribution in [3.05, 3.63) is 35.0 Å². The number of ether oxygens (including phenoxy) is 1. The standard InChI is InChI=1S/C13H12ClNO4/c1-2-19-10(16)7-15-9-6-4-3-5-8(9)11(12(15)14)13(17)18/h3-6H,2,7H2,1H3,(H,17,18). The number of hydrogen-bond acceptors (Lipinski definition) is 3. The Hall–Kier alpha value is -2.01. The third-order valence-corrected chi connectivity index (χ3v) is 3.11. The van der Waals surface area contributed by atoms with Crippen molar-refractivity contribution < 1.29 is 19.4 Å². The van der Waals surface area contributed by atoms with Gasteiger partial charge in [0.05, 0.1) is 12.1 Å². The van der Waals surface area contributed by atoms with Crippen LogP contribution in [-0.2, 0) is 16.1 Å². The fraction of sp³-hybridized carbons (Fsp3) is 0.231. The number of hydrogen-bond donors (Lipinski definition) is 1. The van der Waals surface area contributed by atoms with Gasteiger partial charge in [0.25, 0.3) is 0 Å². The second-order valence-corrected chi connectivity index (χ2v) is 4.24. The summed E-state index contributed by atoms with van der Waals surface area (Å²) in [7, 11) is 0. The molecule has 0 bridgehead atoms. The fourth-order valence-corrected chi connectivity index (χ4v) is 2.30. The van der Waals surface area contributed by atoms with Crippen molar-refractivity contribution in [1.29, 1.82) is 0 Å². The zero-order chi connectivity index (χ0) is 14.0. The summed E-state index contributed by atoms with van der Waals surface area (Å²) in [4.78, 5) is 22.8. The Morgan fingerprint density at radius 2 is 2.05 bits per heavy atom. The Bertz CT molecular complexity index is 647. The van der Waals surface area contributed by atoms with Gasteiger partial charge in [-0.15, -0.1) is 0 Å². The van der Waals surface area contributed by atoms with E-state index in [0.717, 1.165) is 0 Å². The van der Waals surface area contributed by atoms with Gasteiger partial charge in [0.15, 0.2) is 0 Å². The van der Waals surface area contributed by atoms with E-state index in [1.54, 1.807) is 31.2 Å². The molecule has 1 heterocycles. The van der Waals surface area contributed by atoms with Crippen LogP contribution in [0.3, 0.4) is 0 Å². The second-order valence-electron chi connectivity index (χ2n) is 3.88. The van der Waals surface area contributed by atoms with Crippen LogP contribution in [0.4, 0.5) is 0 Å². The molecular weight excluding hydrogens is 270 g/mol. The number of aromatic nitrogens is 1. The summed E-state index contributed by atoms with van der Waals surface area (Å²) >= 11 is 6.07. The van der Waals surface area contributed by atoms with Crippen molar-refractivity contribution in [2.45, 2.75) is 13.5 Å². The summed E-state index contributed by atoms with van der Waals surface area (Å²) in [5.41, 5.74) is 0.597. The first-order valence-electron chi connectivity index (χ1n) is 5.72. The lowest BCUT2D eigenvalue weighted by molar-refractivity contribution is -0.143. The number of carbonyl (C=O) groups excluding carboxylic acids is 1. The van der Waals surface area contributed by atoms with Crippen LogP contribution in [0.25, 0.3) is 10.9 Å². The first-order chi connectivity index (χ1) is 9.06. The molecule has 0 fully saturated rings. The number of carboxylic acid groups (broad SMARTS) is 1. The predicted molar refractivity (Wildman–Crippen MR) is 70.5 cm³/mol. The van der Waals surface area contributed by atoms with Gasteiger partial charge in [0.2, 0.25) is 0 Å². The van der Waals surface area contributed by atoms with Crippen LogP contribution in [0.2, 0.25) is 5.15 Å². The summed E-state index contributed by atoms with van der Waals surface area (Å²) in [6, 6.07) is 6.85. The first-order valence-corrected chi connectivity index (χ1v) is 6.09. The molecule has 0 amide bonds. The quantitative estimate of drug-likeness (QED) is 0.875. The van der Waals surface area contributed by atoms with E-state index in [4.69, 9.17) is 16.3 Å². The molecule has 0 unspecified atom stereocenters. The van der Waals surface area contributed by atoms with Gasteiger partial charge in [-0.2, -0.15) is 0 Å². The number of fused-ring (bicyclic) bond motifs is 1. The smallest absolute Gasteiger partial charge is 0.339 e. The molecule has 1 aromatic heterocycles. The molecule has 6 heteroatoms. The monoisotopic (exact) mass is 281 g/mol. The molecule has 19 heavy (non-hydrogen) atoms. The van der Waals surface area contributed by atoms with Crippen molar-refractivity contribution in [1.82, 2.24) is 4.57 Å². The lowest BCUT2D eigenvalue weighted by Gasteiger charge is -2.06. The van der Waals surface area contributed by atoms with E-state index in [2.05, 4.69) is 0 Å². The van der Waals surface area contributed by atoms with Crippen molar-refractivity contribution in [3.8, 4) is 0 Å². The van der Waals surface area contributed by atoms with Crippen molar-refractivity contribution in [2.24, 2.45) is 0 Å². The zero-order valence-corrected chi connectivity index (χ0v) is 11.0. The number of esters is 1. The molecule has 0 saturated carbocycles. The van der Waals surface area contributed by atoms with Crippen LogP contribution in [0.15, 0.2) is 24.3 Å². The molecule has 0 spiro atoms. The molecule has 0 atom stereocenters. The van der Waals surface area contributed by atoms with Crippen molar-refractivity contribution in [3.63, 3.8) is 0 Å². The van der Waals surface area contributed by atoms with Crippen LogP contribution in [0.1, 0.15) is 17.3 Å². The number of halogens is 1. The molecule has 1 aromatic carbocycles. The van der Waals surface area contributed by atoms with Crippen LogP contribution in [0.5, 0.6) is 0 Å². The van der Waals surface area contributed by atoms with Gasteiger partial charge in [-0.05, 0) is 13.0 Å². The van der Waals surface area contributed by atoms with Gasteiger partial charge in [-0.1, -0.05) is 29.8 Å². The van der Waals surface area contributed by atoms with E-state index in [0.29, 0.717) is 10.9 Å². The number of aromatic carboxylic acids is 1. The minimum absolute atomic E-state index is 0.00145. The molecule has 2 rings (SSSR count). The van der Waals surface area contributed by atoms with Crippen LogP contribution < -0.4 is 0 Å². The Kier molecular flexibility index (Phi) is 3.76. The van der Waals surface area contributed by atoms with E-state index >= 15 is 0 Å². The van der Waals surface area contributed by atoms with Crippen LogP contribution in [0, 0.1) is 0 Å². The predicted octanol–water partition coefficient (Wildman–Crippen LogP) is 2.56. The highest BCUT2D eigenvalue weighted by Gasteiger charge is 2.21. The number of rotatable bonds is 4. The van der Waals surface area contributed by atoms with E-state index in [1.165, 1.54) is 4.57 Å². The van der Waals surface area contributed by atoms with Gasteiger partial charge >= 0.3 is 11.9 Å². The average Bonchev–Trinajstić information content (AvgIpc) is 2.63. The molecule has 1 N–H and O–H groups in total. The van der Waals surface area contributed by atoms with Crippen molar-refractivity contribution >= 4 is 34.4 Å². The number of carbonyl (C=O) groups is 2. The number of carboxylic acids is 1. The maximum absolute atomic E-state index is 11.5. The lowest BCUT2D eigenvalue weighted by Crippen LogP contribution is -2.13. The highest BCUT2D eigenvalue weighted by atomic mass is 35.5. The maximum Gasteiger partial charge on any atom is 0.339 e. The minimum Gasteiger partial charge on any atom is -0.478 e. The molecule has 0 saturated heterocycles. The Labute approximate surface area is 114 Å². The average molecular weight is 282 g/mol. The Balaban J connectivity index is 2.57. The van der Waals surface area contributed by atoms with Gasteiger partial charge in [-0.3, -0.25) is 4.79 Å². The topological polar surface area (TPSA) is 68.5 Å². The molecular formula is C13H12ClNO4. The molecule has 0 aliphatic carbocycles. The van der Waals surface area contributed by atoms with Crippen LogP contribution in [-0.4, -0.2) is 28.2 Å². The summed E-state index contributed by atoms with van der Waals surface area (Å²) < 4.78 is 6.30. The normalized spacial score (nSPS) is 10.6. The SMILES string of the molecule is CCOC(=O)Cn1c(Cl)c(C(=O)O)c2ccccc21. The van der Waals surface area contributed by atoms with E-state index in [1.807, 2.05) is 0 Å². The molecule has 0 aliphatic rings. The van der Waals surface area contributed by atoms with E-state index in [9.17, 15) is 14.7 Å². The highest BCUT2D eigenvalue weighted by molar-refractivity contribution is 6.35. The maximum atomic E-state index is 11.5. The minimum atomic E-state index is -1.12. The fourth-order valence-electron chi connectivity index (χ4n) is 1.97. The first kappa shape index (κ1) is 13.4. The Morgan fingerprint density at radius 3 is 2.68 bits per heavy atom. The van der Waals surface area contributed by atoms with Gasteiger partial charge < -0.3 is 14.4 Å². The van der Waals surface area contributed by atoms with Gasteiger partial charge in [-0.25, -0.2) is 4.79 Å². The third kappa shape index (κ3) is 2.42. The lowest BCUT2D eigenvalue weighted by atomic mass is 10.2. The summed E-state index contributed by atoms with van der Waals surface area (Å²) in [6.07, 6.45) is 0. The van der Waals surface area contributed by atoms with Crippen LogP contribution >= 0.6 is 11.6 Å². The summed E-state index contributed by atoms with van der Waals surface area (Å²) in [6.45, 7) is 1.86. The highest BCUT2D eigenvalue weighted by Crippen LogP contribution is 2.30. The summed E-state index contributed by atoms with van der Waals surface area (Å²) in [5, 5.41) is 9.73. The number of para-hydroxylation sites is 1. The molecule has 5 nitrogen and oxygen atoms in total. The number of benzene rings is 1. The third-order valence-electron chi connectivity index (χ3n) is 2.71. The van der Waals surface area contributed by atoms with Crippen molar-refractivity contribution in [2.75, 3.05) is 6.61 Å². The summed E-state index contributed by atoms with van der Waals surface area (Å²) in [5.74, 6) is -1.58. The van der Waals surface area contributed by atoms with E-state index in [-0.39, 0.29) is 23.9 Å². The Morgan fingerprint density at radius 1 is 1.37 bits per heavy atom. The van der Waals surface area contributed by atoms with Gasteiger partial charge in [0.1, 0.15) is 17.3 Å². The van der Waals surface area contributed by atoms with E-state index < -0.39 is 11.9 Å². The number of nitrogens with zero attached hydrogens (tertiary/aromatic N) is 1. The molecule has 0 aliphatic heterocycles. The molecule has 100 valence electrons. The zero-order valence-electron chi connectivity index (χ0n) is 10.2. The second kappa shape index (κ2) is 5.32. The largest absolute Gasteiger partial charge is 0.478 e. The van der Waals surface area contributed by atoms with Gasteiger partial charge in [0, 0.05) is 5.39 Å². The molecule has 0 radical (unpaired) electrons. The molecule has 2 aromatic rings.